The molecule has 2 aromatic rings. The summed E-state index contributed by atoms with van der Waals surface area (Å²) in [5.74, 6) is 1.24. The van der Waals surface area contributed by atoms with Crippen LogP contribution in [0.15, 0.2) is 36.5 Å². The van der Waals surface area contributed by atoms with Crippen LogP contribution in [0.25, 0.3) is 0 Å². The molecule has 0 saturated heterocycles. The third-order valence-electron chi connectivity index (χ3n) is 2.64. The molecule has 94 valence electrons. The molecular formula is C14H15ClN2O. The van der Waals surface area contributed by atoms with E-state index in [-0.39, 0.29) is 6.04 Å². The van der Waals surface area contributed by atoms with Crippen molar-refractivity contribution >= 4 is 11.6 Å². The molecule has 0 amide bonds. The van der Waals surface area contributed by atoms with Crippen LogP contribution in [0.4, 0.5) is 0 Å². The number of ether oxygens (including phenoxy) is 1. The summed E-state index contributed by atoms with van der Waals surface area (Å²) in [4.78, 5) is 4.21. The van der Waals surface area contributed by atoms with Gasteiger partial charge in [-0.3, -0.25) is 0 Å². The van der Waals surface area contributed by atoms with Gasteiger partial charge in [0.1, 0.15) is 5.75 Å². The first kappa shape index (κ1) is 12.9. The van der Waals surface area contributed by atoms with Gasteiger partial charge in [-0.05, 0) is 43.7 Å². The number of rotatable bonds is 3. The molecular weight excluding hydrogens is 248 g/mol. The quantitative estimate of drug-likeness (QED) is 0.914. The van der Waals surface area contributed by atoms with Crippen LogP contribution in [0.3, 0.4) is 0 Å². The van der Waals surface area contributed by atoms with Crippen LogP contribution in [0.5, 0.6) is 11.6 Å². The lowest BCUT2D eigenvalue weighted by Gasteiger charge is -2.12. The van der Waals surface area contributed by atoms with Gasteiger partial charge in [0, 0.05) is 22.8 Å². The van der Waals surface area contributed by atoms with E-state index in [1.165, 1.54) is 0 Å². The van der Waals surface area contributed by atoms with E-state index in [9.17, 15) is 0 Å². The first-order valence-electron chi connectivity index (χ1n) is 5.72. The normalized spacial score (nSPS) is 12.2. The zero-order valence-electron chi connectivity index (χ0n) is 10.4. The second kappa shape index (κ2) is 5.38. The van der Waals surface area contributed by atoms with Crippen molar-refractivity contribution in [3.63, 3.8) is 0 Å². The second-order valence-corrected chi connectivity index (χ2v) is 4.61. The molecule has 0 bridgehead atoms. The van der Waals surface area contributed by atoms with Crippen molar-refractivity contribution in [2.75, 3.05) is 0 Å². The minimum absolute atomic E-state index is 0.123. The number of nitrogens with zero attached hydrogens (tertiary/aromatic N) is 1. The van der Waals surface area contributed by atoms with Gasteiger partial charge < -0.3 is 10.5 Å². The van der Waals surface area contributed by atoms with Crippen LogP contribution < -0.4 is 10.5 Å². The molecule has 0 aliphatic rings. The average Bonchev–Trinajstić information content (AvgIpc) is 2.34. The topological polar surface area (TPSA) is 48.1 Å². The van der Waals surface area contributed by atoms with Crippen molar-refractivity contribution in [1.82, 2.24) is 4.98 Å². The molecule has 0 radical (unpaired) electrons. The highest BCUT2D eigenvalue weighted by atomic mass is 35.5. The Kier molecular flexibility index (Phi) is 3.84. The largest absolute Gasteiger partial charge is 0.439 e. The lowest BCUT2D eigenvalue weighted by atomic mass is 10.1. The molecule has 1 heterocycles. The van der Waals surface area contributed by atoms with Gasteiger partial charge in [0.25, 0.3) is 0 Å². The molecule has 18 heavy (non-hydrogen) atoms. The molecule has 0 aliphatic heterocycles. The van der Waals surface area contributed by atoms with Crippen LogP contribution >= 0.6 is 11.6 Å². The minimum Gasteiger partial charge on any atom is -0.439 e. The molecule has 1 unspecified atom stereocenters. The van der Waals surface area contributed by atoms with Crippen molar-refractivity contribution in [2.24, 2.45) is 5.73 Å². The predicted molar refractivity (Wildman–Crippen MR) is 73.1 cm³/mol. The molecule has 0 saturated carbocycles. The van der Waals surface area contributed by atoms with Gasteiger partial charge in [0.05, 0.1) is 0 Å². The number of hydrogen-bond donors (Lipinski definition) is 1. The molecule has 1 aromatic carbocycles. The van der Waals surface area contributed by atoms with Crippen LogP contribution in [0, 0.1) is 6.92 Å². The van der Waals surface area contributed by atoms with Gasteiger partial charge in [0.15, 0.2) is 0 Å². The smallest absolute Gasteiger partial charge is 0.223 e. The third-order valence-corrected chi connectivity index (χ3v) is 3.06. The van der Waals surface area contributed by atoms with Crippen molar-refractivity contribution in [1.29, 1.82) is 0 Å². The van der Waals surface area contributed by atoms with E-state index in [4.69, 9.17) is 22.1 Å². The highest BCUT2D eigenvalue weighted by Crippen LogP contribution is 2.28. The fourth-order valence-corrected chi connectivity index (χ4v) is 1.74. The summed E-state index contributed by atoms with van der Waals surface area (Å²) in [7, 11) is 0. The Morgan fingerprint density at radius 1 is 1.33 bits per heavy atom. The van der Waals surface area contributed by atoms with Crippen molar-refractivity contribution in [3.05, 3.63) is 52.7 Å². The predicted octanol–water partition coefficient (Wildman–Crippen LogP) is 3.86. The van der Waals surface area contributed by atoms with Gasteiger partial charge in [-0.1, -0.05) is 17.7 Å². The Balaban J connectivity index is 2.31. The molecule has 0 spiro atoms. The van der Waals surface area contributed by atoms with Gasteiger partial charge in [-0.15, -0.1) is 0 Å². The van der Waals surface area contributed by atoms with E-state index in [1.54, 1.807) is 12.3 Å². The maximum atomic E-state index is 5.97. The lowest BCUT2D eigenvalue weighted by Crippen LogP contribution is -2.07. The van der Waals surface area contributed by atoms with Crippen molar-refractivity contribution in [3.8, 4) is 11.6 Å². The molecule has 0 fully saturated rings. The molecule has 2 N–H and O–H groups in total. The first-order valence-corrected chi connectivity index (χ1v) is 6.10. The minimum atomic E-state index is -0.123. The molecule has 4 heteroatoms. The number of nitrogens with two attached hydrogens (primary N) is 1. The Labute approximate surface area is 112 Å². The number of pyridine rings is 1. The van der Waals surface area contributed by atoms with Crippen LogP contribution in [-0.2, 0) is 0 Å². The fourth-order valence-electron chi connectivity index (χ4n) is 1.63. The Morgan fingerprint density at radius 3 is 2.78 bits per heavy atom. The summed E-state index contributed by atoms with van der Waals surface area (Å²) in [6, 6.07) is 9.13. The van der Waals surface area contributed by atoms with E-state index >= 15 is 0 Å². The number of hydrogen-bond acceptors (Lipinski definition) is 3. The zero-order valence-corrected chi connectivity index (χ0v) is 11.1. The van der Waals surface area contributed by atoms with Crippen molar-refractivity contribution < 1.29 is 4.74 Å². The van der Waals surface area contributed by atoms with E-state index < -0.39 is 0 Å². The van der Waals surface area contributed by atoms with Gasteiger partial charge in [-0.25, -0.2) is 4.98 Å². The van der Waals surface area contributed by atoms with Gasteiger partial charge in [-0.2, -0.15) is 0 Å². The Bertz CT molecular complexity index is 555. The second-order valence-electron chi connectivity index (χ2n) is 4.20. The summed E-state index contributed by atoms with van der Waals surface area (Å²) in [6.07, 6.45) is 1.68. The van der Waals surface area contributed by atoms with Crippen molar-refractivity contribution in [2.45, 2.75) is 19.9 Å². The fraction of sp³-hybridized carbons (Fsp3) is 0.214. The summed E-state index contributed by atoms with van der Waals surface area (Å²) in [6.45, 7) is 3.83. The number of aromatic nitrogens is 1. The molecule has 3 nitrogen and oxygen atoms in total. The van der Waals surface area contributed by atoms with E-state index in [0.29, 0.717) is 11.6 Å². The number of benzene rings is 1. The Hall–Kier alpha value is -1.58. The zero-order chi connectivity index (χ0) is 13.1. The van der Waals surface area contributed by atoms with Gasteiger partial charge in [0.2, 0.25) is 5.88 Å². The number of halogens is 1. The highest BCUT2D eigenvalue weighted by Gasteiger charge is 2.10. The maximum absolute atomic E-state index is 5.97. The lowest BCUT2D eigenvalue weighted by molar-refractivity contribution is 0.452. The van der Waals surface area contributed by atoms with E-state index in [2.05, 4.69) is 4.98 Å². The van der Waals surface area contributed by atoms with E-state index in [0.717, 1.165) is 16.1 Å². The SMILES string of the molecule is Cc1cc(Oc2ncccc2C(C)N)ccc1Cl. The molecule has 0 aliphatic carbocycles. The Morgan fingerprint density at radius 2 is 2.11 bits per heavy atom. The molecule has 1 aromatic heterocycles. The number of aryl methyl sites for hydroxylation is 1. The van der Waals surface area contributed by atoms with Crippen LogP contribution in [0.2, 0.25) is 5.02 Å². The van der Waals surface area contributed by atoms with Crippen LogP contribution in [0.1, 0.15) is 24.1 Å². The molecule has 2 rings (SSSR count). The highest BCUT2D eigenvalue weighted by molar-refractivity contribution is 6.31. The van der Waals surface area contributed by atoms with Gasteiger partial charge >= 0.3 is 0 Å². The standard InChI is InChI=1S/C14H15ClN2O/c1-9-8-11(5-6-13(9)15)18-14-12(10(2)16)4-3-7-17-14/h3-8,10H,16H2,1-2H3. The van der Waals surface area contributed by atoms with E-state index in [1.807, 2.05) is 38.1 Å². The summed E-state index contributed by atoms with van der Waals surface area (Å²) >= 11 is 5.97. The summed E-state index contributed by atoms with van der Waals surface area (Å²) in [5, 5.41) is 0.718. The third kappa shape index (κ3) is 2.81. The summed E-state index contributed by atoms with van der Waals surface area (Å²) < 4.78 is 5.76. The average molecular weight is 263 g/mol. The first-order chi connectivity index (χ1) is 8.58. The monoisotopic (exact) mass is 262 g/mol. The molecule has 1 atom stereocenters. The summed E-state index contributed by atoms with van der Waals surface area (Å²) in [5.41, 5.74) is 7.73. The van der Waals surface area contributed by atoms with Crippen LogP contribution in [-0.4, -0.2) is 4.98 Å². The maximum Gasteiger partial charge on any atom is 0.223 e.